The van der Waals surface area contributed by atoms with Crippen LogP contribution in [0.4, 0.5) is 5.69 Å². The third kappa shape index (κ3) is 4.72. The fourth-order valence-electron chi connectivity index (χ4n) is 3.47. The molecule has 1 unspecified atom stereocenters. The maximum atomic E-state index is 5.69. The van der Waals surface area contributed by atoms with Crippen LogP contribution in [0.1, 0.15) is 30.4 Å². The normalized spacial score (nSPS) is 15.7. The van der Waals surface area contributed by atoms with Crippen molar-refractivity contribution >= 4 is 32.5 Å². The highest BCUT2D eigenvalue weighted by Crippen LogP contribution is 2.31. The number of hydrogen-bond donors (Lipinski definition) is 1. The summed E-state index contributed by atoms with van der Waals surface area (Å²) in [5.41, 5.74) is 3.98. The van der Waals surface area contributed by atoms with E-state index in [0.717, 1.165) is 58.4 Å². The lowest BCUT2D eigenvalue weighted by atomic mass is 10.1. The number of pyridine rings is 1. The first-order chi connectivity index (χ1) is 14.2. The van der Waals surface area contributed by atoms with E-state index in [0.29, 0.717) is 6.54 Å². The van der Waals surface area contributed by atoms with Crippen LogP contribution in [0.5, 0.6) is 5.75 Å². The molecule has 0 aliphatic carbocycles. The Bertz CT molecular complexity index is 1050. The highest BCUT2D eigenvalue weighted by Gasteiger charge is 2.15. The Kier molecular flexibility index (Phi) is 6.33. The van der Waals surface area contributed by atoms with Crippen molar-refractivity contribution in [1.82, 2.24) is 4.98 Å². The van der Waals surface area contributed by atoms with Crippen LogP contribution in [0.2, 0.25) is 0 Å². The lowest BCUT2D eigenvalue weighted by Gasteiger charge is -2.14. The molecule has 1 aliphatic heterocycles. The molecule has 2 heterocycles. The van der Waals surface area contributed by atoms with Crippen molar-refractivity contribution in [2.75, 3.05) is 19.0 Å². The van der Waals surface area contributed by atoms with Gasteiger partial charge in [-0.15, -0.1) is 0 Å². The maximum Gasteiger partial charge on any atom is 0.124 e. The number of benzene rings is 2. The zero-order chi connectivity index (χ0) is 20.1. The van der Waals surface area contributed by atoms with Gasteiger partial charge in [-0.2, -0.15) is 0 Å². The van der Waals surface area contributed by atoms with Gasteiger partial charge in [-0.05, 0) is 52.5 Å². The predicted octanol–water partition coefficient (Wildman–Crippen LogP) is 5.54. The van der Waals surface area contributed by atoms with Gasteiger partial charge in [0, 0.05) is 25.0 Å². The molecule has 1 atom stereocenters. The number of anilines is 1. The van der Waals surface area contributed by atoms with E-state index < -0.39 is 0 Å². The summed E-state index contributed by atoms with van der Waals surface area (Å²) in [6.45, 7) is 1.53. The number of methoxy groups -OCH3 is 1. The van der Waals surface area contributed by atoms with Crippen molar-refractivity contribution in [2.45, 2.75) is 31.9 Å². The third-order valence-corrected chi connectivity index (χ3v) is 5.62. The van der Waals surface area contributed by atoms with Gasteiger partial charge in [-0.3, -0.25) is 0 Å². The summed E-state index contributed by atoms with van der Waals surface area (Å²) in [6, 6.07) is 16.2. The van der Waals surface area contributed by atoms with Crippen LogP contribution >= 0.6 is 15.9 Å². The van der Waals surface area contributed by atoms with E-state index in [1.807, 2.05) is 30.3 Å². The highest BCUT2D eigenvalue weighted by atomic mass is 79.9. The summed E-state index contributed by atoms with van der Waals surface area (Å²) in [5, 5.41) is 4.65. The molecule has 4 nitrogen and oxygen atoms in total. The van der Waals surface area contributed by atoms with Gasteiger partial charge in [0.2, 0.25) is 0 Å². The second-order valence-corrected chi connectivity index (χ2v) is 7.76. The number of nitrogens with one attached hydrogen (secondary N) is 1. The standard InChI is InChI=1S/C24H23BrN2O2/c1-28-18-13-11-17(12-14-18)16-26-23-20-8-2-3-10-22(20)27-24(25)21(23)9-4-6-19-7-5-15-29-19/h2-3,8,10-14,19H,5-7,15-16H2,1H3,(H,26,27). The summed E-state index contributed by atoms with van der Waals surface area (Å²) in [6.07, 6.45) is 3.22. The van der Waals surface area contributed by atoms with Gasteiger partial charge in [0.1, 0.15) is 10.4 Å². The summed E-state index contributed by atoms with van der Waals surface area (Å²) in [4.78, 5) is 4.69. The van der Waals surface area contributed by atoms with Crippen LogP contribution in [0.3, 0.4) is 0 Å². The zero-order valence-electron chi connectivity index (χ0n) is 16.4. The summed E-state index contributed by atoms with van der Waals surface area (Å²) in [5.74, 6) is 7.49. The zero-order valence-corrected chi connectivity index (χ0v) is 18.0. The Hall–Kier alpha value is -2.55. The largest absolute Gasteiger partial charge is 0.497 e. The van der Waals surface area contributed by atoms with E-state index in [9.17, 15) is 0 Å². The SMILES string of the molecule is COc1ccc(CNc2c(C#CCC3CCCO3)c(Br)nc3ccccc23)cc1. The van der Waals surface area contributed by atoms with Crippen molar-refractivity contribution < 1.29 is 9.47 Å². The second-order valence-electron chi connectivity index (χ2n) is 7.01. The van der Waals surface area contributed by atoms with Crippen molar-refractivity contribution in [1.29, 1.82) is 0 Å². The Morgan fingerprint density at radius 1 is 1.21 bits per heavy atom. The average molecular weight is 451 g/mol. The quantitative estimate of drug-likeness (QED) is 0.409. The number of ether oxygens (including phenoxy) is 2. The van der Waals surface area contributed by atoms with Crippen LogP contribution in [-0.2, 0) is 11.3 Å². The summed E-state index contributed by atoms with van der Waals surface area (Å²) < 4.78 is 11.7. The molecule has 29 heavy (non-hydrogen) atoms. The molecule has 2 aromatic carbocycles. The van der Waals surface area contributed by atoms with E-state index in [1.54, 1.807) is 7.11 Å². The molecular formula is C24H23BrN2O2. The first-order valence-electron chi connectivity index (χ1n) is 9.80. The van der Waals surface area contributed by atoms with Crippen LogP contribution < -0.4 is 10.1 Å². The third-order valence-electron chi connectivity index (χ3n) is 5.04. The molecule has 0 bridgehead atoms. The Morgan fingerprint density at radius 3 is 2.79 bits per heavy atom. The molecule has 0 radical (unpaired) electrons. The van der Waals surface area contributed by atoms with Crippen molar-refractivity contribution in [3.05, 3.63) is 64.3 Å². The first kappa shape index (κ1) is 19.8. The van der Waals surface area contributed by atoms with Gasteiger partial charge in [0.05, 0.1) is 30.0 Å². The van der Waals surface area contributed by atoms with Crippen LogP contribution in [0, 0.1) is 11.8 Å². The minimum absolute atomic E-state index is 0.255. The predicted molar refractivity (Wildman–Crippen MR) is 120 cm³/mol. The number of halogens is 1. The Labute approximate surface area is 179 Å². The highest BCUT2D eigenvalue weighted by molar-refractivity contribution is 9.10. The van der Waals surface area contributed by atoms with E-state index in [1.165, 1.54) is 5.56 Å². The maximum absolute atomic E-state index is 5.69. The summed E-state index contributed by atoms with van der Waals surface area (Å²) >= 11 is 3.63. The molecule has 1 aliphatic rings. The van der Waals surface area contributed by atoms with E-state index >= 15 is 0 Å². The topological polar surface area (TPSA) is 43.4 Å². The van der Waals surface area contributed by atoms with Gasteiger partial charge < -0.3 is 14.8 Å². The van der Waals surface area contributed by atoms with Gasteiger partial charge in [0.15, 0.2) is 0 Å². The molecule has 148 valence electrons. The van der Waals surface area contributed by atoms with Crippen LogP contribution in [0.25, 0.3) is 10.9 Å². The molecule has 5 heteroatoms. The molecule has 1 fully saturated rings. The fraction of sp³-hybridized carbons (Fsp3) is 0.292. The van der Waals surface area contributed by atoms with Crippen molar-refractivity contribution in [2.24, 2.45) is 0 Å². The molecule has 3 aromatic rings. The molecular weight excluding hydrogens is 428 g/mol. The minimum atomic E-state index is 0.255. The Morgan fingerprint density at radius 2 is 2.03 bits per heavy atom. The number of rotatable bonds is 5. The molecule has 1 aromatic heterocycles. The number of aromatic nitrogens is 1. The smallest absolute Gasteiger partial charge is 0.124 e. The van der Waals surface area contributed by atoms with Gasteiger partial charge in [0.25, 0.3) is 0 Å². The lowest BCUT2D eigenvalue weighted by Crippen LogP contribution is -2.05. The first-order valence-corrected chi connectivity index (χ1v) is 10.6. The summed E-state index contributed by atoms with van der Waals surface area (Å²) in [7, 11) is 1.68. The van der Waals surface area contributed by atoms with E-state index in [2.05, 4.69) is 51.3 Å². The van der Waals surface area contributed by atoms with Gasteiger partial charge in [-0.1, -0.05) is 42.2 Å². The molecule has 4 rings (SSSR count). The van der Waals surface area contributed by atoms with Crippen LogP contribution in [-0.4, -0.2) is 24.8 Å². The number of fused-ring (bicyclic) bond motifs is 1. The average Bonchev–Trinajstić information content (AvgIpc) is 3.27. The fourth-order valence-corrected chi connectivity index (χ4v) is 3.96. The van der Waals surface area contributed by atoms with Crippen LogP contribution in [0.15, 0.2) is 53.1 Å². The number of para-hydroxylation sites is 1. The lowest BCUT2D eigenvalue weighted by molar-refractivity contribution is 0.115. The molecule has 0 spiro atoms. The van der Waals surface area contributed by atoms with Crippen molar-refractivity contribution in [3.8, 4) is 17.6 Å². The van der Waals surface area contributed by atoms with Gasteiger partial charge in [-0.25, -0.2) is 4.98 Å². The Balaban J connectivity index is 1.64. The van der Waals surface area contributed by atoms with Crippen molar-refractivity contribution in [3.63, 3.8) is 0 Å². The molecule has 0 saturated carbocycles. The second kappa shape index (κ2) is 9.30. The number of nitrogens with zero attached hydrogens (tertiary/aromatic N) is 1. The minimum Gasteiger partial charge on any atom is -0.497 e. The number of hydrogen-bond acceptors (Lipinski definition) is 4. The monoisotopic (exact) mass is 450 g/mol. The van der Waals surface area contributed by atoms with E-state index in [-0.39, 0.29) is 6.10 Å². The van der Waals surface area contributed by atoms with E-state index in [4.69, 9.17) is 14.5 Å². The molecule has 1 N–H and O–H groups in total. The molecule has 1 saturated heterocycles. The van der Waals surface area contributed by atoms with Gasteiger partial charge >= 0.3 is 0 Å². The molecule has 0 amide bonds.